The first-order chi connectivity index (χ1) is 7.27. The molecule has 1 aromatic rings. The maximum Gasteiger partial charge on any atom is 0.265 e. The molecule has 0 unspecified atom stereocenters. The molecule has 1 rings (SSSR count). The fourth-order valence-corrected chi connectivity index (χ4v) is 0.801. The Hall–Kier alpha value is -1.71. The minimum atomic E-state index is 0.429. The lowest BCUT2D eigenvalue weighted by atomic mass is 10.3. The van der Waals surface area contributed by atoms with Crippen molar-refractivity contribution in [2.75, 3.05) is 7.05 Å². The number of allylic oxidation sites excluding steroid dienone is 3. The van der Waals surface area contributed by atoms with Gasteiger partial charge in [0.15, 0.2) is 0 Å². The zero-order valence-electron chi connectivity index (χ0n) is 9.69. The molecular weight excluding hydrogens is 190 g/mol. The van der Waals surface area contributed by atoms with Crippen molar-refractivity contribution in [2.45, 2.75) is 20.8 Å². The van der Waals surface area contributed by atoms with Gasteiger partial charge in [0.1, 0.15) is 5.71 Å². The molecule has 0 N–H and O–H groups in total. The van der Waals surface area contributed by atoms with E-state index in [4.69, 9.17) is 4.42 Å². The van der Waals surface area contributed by atoms with E-state index in [9.17, 15) is 0 Å². The van der Waals surface area contributed by atoms with Gasteiger partial charge in [-0.1, -0.05) is 32.6 Å². The quantitative estimate of drug-likeness (QED) is 0.565. The minimum absolute atomic E-state index is 0.429. The highest BCUT2D eigenvalue weighted by Crippen LogP contribution is 2.01. The Labute approximate surface area is 90.4 Å². The lowest BCUT2D eigenvalue weighted by Crippen LogP contribution is -1.96. The van der Waals surface area contributed by atoms with Crippen LogP contribution in [-0.4, -0.2) is 23.0 Å². The highest BCUT2D eigenvalue weighted by molar-refractivity contribution is 6.05. The van der Waals surface area contributed by atoms with Gasteiger partial charge < -0.3 is 4.42 Å². The van der Waals surface area contributed by atoms with Crippen molar-refractivity contribution in [2.24, 2.45) is 4.99 Å². The summed E-state index contributed by atoms with van der Waals surface area (Å²) in [6.45, 7) is 9.29. The zero-order valence-corrected chi connectivity index (χ0v) is 9.69. The molecule has 4 nitrogen and oxygen atoms in total. The van der Waals surface area contributed by atoms with Crippen LogP contribution in [0.3, 0.4) is 0 Å². The van der Waals surface area contributed by atoms with Crippen LogP contribution in [-0.2, 0) is 0 Å². The molecule has 0 fully saturated rings. The van der Waals surface area contributed by atoms with Crippen molar-refractivity contribution in [3.05, 3.63) is 36.6 Å². The molecule has 0 radical (unpaired) electrons. The summed E-state index contributed by atoms with van der Waals surface area (Å²) in [4.78, 5) is 3.99. The Balaban J connectivity index is 0.000000921. The van der Waals surface area contributed by atoms with Crippen LogP contribution in [0.4, 0.5) is 0 Å². The van der Waals surface area contributed by atoms with E-state index in [1.54, 1.807) is 32.2 Å². The number of hydrogen-bond acceptors (Lipinski definition) is 4. The number of nitrogens with zero attached hydrogens (tertiary/aromatic N) is 3. The molecule has 15 heavy (non-hydrogen) atoms. The summed E-state index contributed by atoms with van der Waals surface area (Å²) >= 11 is 0. The first kappa shape index (κ1) is 13.3. The van der Waals surface area contributed by atoms with Crippen molar-refractivity contribution in [1.82, 2.24) is 10.2 Å². The normalized spacial score (nSPS) is 11.1. The molecule has 0 aliphatic rings. The predicted molar refractivity (Wildman–Crippen MR) is 62.2 cm³/mol. The van der Waals surface area contributed by atoms with E-state index >= 15 is 0 Å². The lowest BCUT2D eigenvalue weighted by Gasteiger charge is -1.89. The first-order valence-corrected chi connectivity index (χ1v) is 4.84. The van der Waals surface area contributed by atoms with Crippen LogP contribution in [0.1, 0.15) is 25.6 Å². The first-order valence-electron chi connectivity index (χ1n) is 4.84. The van der Waals surface area contributed by atoms with Gasteiger partial charge in [-0.3, -0.25) is 4.99 Å². The van der Waals surface area contributed by atoms with Gasteiger partial charge in [-0.15, -0.1) is 10.2 Å². The van der Waals surface area contributed by atoms with Crippen LogP contribution in [0.15, 0.2) is 34.2 Å². The standard InChI is InChI=1S/C9H11N3O.C2H6/c1-4-5-6-8(10-3)9-12-11-7(2)13-9;1-2/h4-6H,1H2,2-3H3;1-2H3/b6-5-,10-8?;. The average Bonchev–Trinajstić information content (AvgIpc) is 2.69. The van der Waals surface area contributed by atoms with Gasteiger partial charge in [0.05, 0.1) is 0 Å². The Morgan fingerprint density at radius 2 is 2.07 bits per heavy atom. The molecule has 0 saturated heterocycles. The van der Waals surface area contributed by atoms with Crippen molar-refractivity contribution >= 4 is 5.71 Å². The van der Waals surface area contributed by atoms with Gasteiger partial charge in [-0.25, -0.2) is 0 Å². The molecule has 1 aromatic heterocycles. The summed E-state index contributed by atoms with van der Waals surface area (Å²) < 4.78 is 5.20. The second kappa shape index (κ2) is 7.67. The molecule has 0 bridgehead atoms. The predicted octanol–water partition coefficient (Wildman–Crippen LogP) is 2.57. The zero-order chi connectivity index (χ0) is 11.7. The molecule has 1 heterocycles. The van der Waals surface area contributed by atoms with Crippen LogP contribution >= 0.6 is 0 Å². The molecule has 0 atom stereocenters. The lowest BCUT2D eigenvalue weighted by molar-refractivity contribution is 0.510. The molecule has 0 spiro atoms. The van der Waals surface area contributed by atoms with E-state index in [-0.39, 0.29) is 0 Å². The van der Waals surface area contributed by atoms with E-state index < -0.39 is 0 Å². The van der Waals surface area contributed by atoms with Crippen LogP contribution in [0.5, 0.6) is 0 Å². The highest BCUT2D eigenvalue weighted by atomic mass is 16.4. The Morgan fingerprint density at radius 1 is 1.40 bits per heavy atom. The minimum Gasteiger partial charge on any atom is -0.420 e. The number of rotatable bonds is 3. The second-order valence-corrected chi connectivity index (χ2v) is 2.33. The van der Waals surface area contributed by atoms with E-state index in [0.717, 1.165) is 0 Å². The largest absolute Gasteiger partial charge is 0.420 e. The molecule has 82 valence electrons. The molecule has 0 saturated carbocycles. The fourth-order valence-electron chi connectivity index (χ4n) is 0.801. The van der Waals surface area contributed by atoms with Gasteiger partial charge in [0.25, 0.3) is 5.89 Å². The Morgan fingerprint density at radius 3 is 2.47 bits per heavy atom. The van der Waals surface area contributed by atoms with E-state index in [0.29, 0.717) is 17.5 Å². The van der Waals surface area contributed by atoms with Crippen LogP contribution in [0, 0.1) is 6.92 Å². The highest BCUT2D eigenvalue weighted by Gasteiger charge is 2.05. The molecule has 0 amide bonds. The van der Waals surface area contributed by atoms with Crippen LogP contribution in [0.25, 0.3) is 0 Å². The molecule has 0 aliphatic carbocycles. The molecule has 0 aliphatic heterocycles. The Bertz CT molecular complexity index is 350. The maximum absolute atomic E-state index is 5.20. The third kappa shape index (κ3) is 4.35. The summed E-state index contributed by atoms with van der Waals surface area (Å²) in [6.07, 6.45) is 5.19. The number of aromatic nitrogens is 2. The third-order valence-corrected chi connectivity index (χ3v) is 1.38. The number of hydrogen-bond donors (Lipinski definition) is 0. The monoisotopic (exact) mass is 207 g/mol. The number of aliphatic imine (C=N–C) groups is 1. The summed E-state index contributed by atoms with van der Waals surface area (Å²) in [5.41, 5.74) is 0.653. The van der Waals surface area contributed by atoms with E-state index in [1.165, 1.54) is 0 Å². The van der Waals surface area contributed by atoms with E-state index in [2.05, 4.69) is 21.8 Å². The van der Waals surface area contributed by atoms with Gasteiger partial charge in [-0.05, 0) is 6.08 Å². The fraction of sp³-hybridized carbons (Fsp3) is 0.364. The molecular formula is C11H17N3O. The summed E-state index contributed by atoms with van der Waals surface area (Å²) in [6, 6.07) is 0. The van der Waals surface area contributed by atoms with Crippen molar-refractivity contribution in [3.63, 3.8) is 0 Å². The van der Waals surface area contributed by atoms with Crippen molar-refractivity contribution in [3.8, 4) is 0 Å². The summed E-state index contributed by atoms with van der Waals surface area (Å²) in [5, 5.41) is 7.54. The summed E-state index contributed by atoms with van der Waals surface area (Å²) in [7, 11) is 1.67. The van der Waals surface area contributed by atoms with Crippen molar-refractivity contribution < 1.29 is 4.42 Å². The topological polar surface area (TPSA) is 51.3 Å². The van der Waals surface area contributed by atoms with Gasteiger partial charge in [0, 0.05) is 14.0 Å². The Kier molecular flexibility index (Phi) is 6.80. The maximum atomic E-state index is 5.20. The smallest absolute Gasteiger partial charge is 0.265 e. The van der Waals surface area contributed by atoms with Gasteiger partial charge in [0.2, 0.25) is 5.89 Å². The number of aryl methyl sites for hydroxylation is 1. The molecule has 0 aromatic carbocycles. The summed E-state index contributed by atoms with van der Waals surface area (Å²) in [5.74, 6) is 0.959. The van der Waals surface area contributed by atoms with Crippen LogP contribution < -0.4 is 0 Å². The van der Waals surface area contributed by atoms with Gasteiger partial charge >= 0.3 is 0 Å². The SMILES string of the molecule is C=C/C=C\C(=NC)c1nnc(C)o1.CC. The van der Waals surface area contributed by atoms with Crippen LogP contribution in [0.2, 0.25) is 0 Å². The van der Waals surface area contributed by atoms with Crippen molar-refractivity contribution in [1.29, 1.82) is 0 Å². The van der Waals surface area contributed by atoms with E-state index in [1.807, 2.05) is 13.8 Å². The second-order valence-electron chi connectivity index (χ2n) is 2.33. The average molecular weight is 207 g/mol. The van der Waals surface area contributed by atoms with Gasteiger partial charge in [-0.2, -0.15) is 0 Å². The third-order valence-electron chi connectivity index (χ3n) is 1.38. The molecule has 4 heteroatoms.